The first-order chi connectivity index (χ1) is 15.9. The van der Waals surface area contributed by atoms with Crippen molar-refractivity contribution in [3.63, 3.8) is 0 Å². The van der Waals surface area contributed by atoms with Gasteiger partial charge in [0.2, 0.25) is 0 Å². The van der Waals surface area contributed by atoms with Gasteiger partial charge in [0.15, 0.2) is 6.17 Å². The molecular weight excluding hydrogens is 473 g/mol. The topological polar surface area (TPSA) is 116 Å². The molecular formula is C21H19Cl2N5O5. The van der Waals surface area contributed by atoms with Crippen LogP contribution in [0.5, 0.6) is 0 Å². The second kappa shape index (κ2) is 8.71. The lowest BCUT2D eigenvalue weighted by atomic mass is 10.1. The monoisotopic (exact) mass is 491 g/mol. The van der Waals surface area contributed by atoms with Gasteiger partial charge in [-0.05, 0) is 37.1 Å². The second-order valence-electron chi connectivity index (χ2n) is 7.70. The standard InChI is InChI=1S/C21H19Cl2N5O5/c22-13-9-11(24-20(30)19-25-21(31)33-26-19)10-14(23)18(13)27-6-3-16-15(27)1-2-17(29)28(16)12-4-7-32-8-5-12/h1-3,6,9-10,12,19,26H,4-5,7-8H2,(H,24,30)(H,25,31). The summed E-state index contributed by atoms with van der Waals surface area (Å²) in [5, 5.41) is 5.51. The number of ether oxygens (including phenoxy) is 1. The second-order valence-corrected chi connectivity index (χ2v) is 8.52. The van der Waals surface area contributed by atoms with Crippen LogP contribution in [0.25, 0.3) is 16.7 Å². The molecule has 4 heterocycles. The Kier molecular flexibility index (Phi) is 5.75. The molecule has 2 fully saturated rings. The average molecular weight is 492 g/mol. The van der Waals surface area contributed by atoms with Crippen LogP contribution >= 0.6 is 23.2 Å². The number of hydrogen-bond donors (Lipinski definition) is 3. The van der Waals surface area contributed by atoms with Gasteiger partial charge in [0, 0.05) is 37.2 Å². The SMILES string of the molecule is O=C1NC(C(=O)Nc2cc(Cl)c(-n3ccc4c3ccc(=O)n4C3CCOCC3)c(Cl)c2)NO1. The minimum Gasteiger partial charge on any atom is -0.381 e. The predicted molar refractivity (Wildman–Crippen MR) is 122 cm³/mol. The number of benzene rings is 1. The van der Waals surface area contributed by atoms with E-state index in [4.69, 9.17) is 27.9 Å². The Morgan fingerprint density at radius 2 is 1.79 bits per heavy atom. The molecule has 0 radical (unpaired) electrons. The van der Waals surface area contributed by atoms with Crippen molar-refractivity contribution in [2.45, 2.75) is 25.0 Å². The number of rotatable bonds is 4. The minimum atomic E-state index is -1.04. The number of hydroxylamine groups is 1. The van der Waals surface area contributed by atoms with Crippen LogP contribution in [-0.4, -0.2) is 40.5 Å². The van der Waals surface area contributed by atoms with Crippen LogP contribution in [0.3, 0.4) is 0 Å². The first-order valence-corrected chi connectivity index (χ1v) is 11.0. The molecule has 0 spiro atoms. The van der Waals surface area contributed by atoms with Gasteiger partial charge < -0.3 is 24.0 Å². The highest BCUT2D eigenvalue weighted by Crippen LogP contribution is 2.35. The van der Waals surface area contributed by atoms with Crippen molar-refractivity contribution in [2.24, 2.45) is 0 Å². The first-order valence-electron chi connectivity index (χ1n) is 10.3. The molecule has 2 saturated heterocycles. The van der Waals surface area contributed by atoms with Gasteiger partial charge in [0.1, 0.15) is 0 Å². The van der Waals surface area contributed by atoms with Crippen molar-refractivity contribution < 1.29 is 19.2 Å². The Morgan fingerprint density at radius 3 is 2.45 bits per heavy atom. The van der Waals surface area contributed by atoms with Crippen LogP contribution in [0.1, 0.15) is 18.9 Å². The Bertz CT molecular complexity index is 1290. The Balaban J connectivity index is 1.49. The van der Waals surface area contributed by atoms with Crippen LogP contribution in [0.15, 0.2) is 41.3 Å². The lowest BCUT2D eigenvalue weighted by molar-refractivity contribution is -0.119. The number of nitrogens with zero attached hydrogens (tertiary/aromatic N) is 2. The Labute approximate surface area is 197 Å². The van der Waals surface area contributed by atoms with Gasteiger partial charge in [-0.1, -0.05) is 23.2 Å². The van der Waals surface area contributed by atoms with E-state index in [0.29, 0.717) is 34.6 Å². The summed E-state index contributed by atoms with van der Waals surface area (Å²) < 4.78 is 9.05. The summed E-state index contributed by atoms with van der Waals surface area (Å²) >= 11 is 13.1. The van der Waals surface area contributed by atoms with Crippen LogP contribution in [-0.2, 0) is 14.4 Å². The summed E-state index contributed by atoms with van der Waals surface area (Å²) in [5.41, 5.74) is 4.61. The fraction of sp³-hybridized carbons (Fsp3) is 0.286. The number of pyridine rings is 1. The smallest absolute Gasteiger partial charge is 0.381 e. The van der Waals surface area contributed by atoms with Crippen molar-refractivity contribution in [2.75, 3.05) is 18.5 Å². The summed E-state index contributed by atoms with van der Waals surface area (Å²) in [7, 11) is 0. The molecule has 1 unspecified atom stereocenters. The molecule has 5 rings (SSSR count). The summed E-state index contributed by atoms with van der Waals surface area (Å²) in [6.07, 6.45) is 1.55. The maximum atomic E-state index is 12.7. The quantitative estimate of drug-likeness (QED) is 0.516. The molecule has 0 aliphatic carbocycles. The molecule has 2 aliphatic heterocycles. The van der Waals surface area contributed by atoms with Crippen LogP contribution in [0.4, 0.5) is 10.5 Å². The highest BCUT2D eigenvalue weighted by Gasteiger charge is 2.29. The fourth-order valence-electron chi connectivity index (χ4n) is 4.16. The lowest BCUT2D eigenvalue weighted by Gasteiger charge is -2.25. The molecule has 10 nitrogen and oxygen atoms in total. The number of halogens is 2. The van der Waals surface area contributed by atoms with E-state index in [2.05, 4.69) is 21.0 Å². The minimum absolute atomic E-state index is 0.0583. The molecule has 1 atom stereocenters. The Morgan fingerprint density at radius 1 is 1.06 bits per heavy atom. The predicted octanol–water partition coefficient (Wildman–Crippen LogP) is 2.96. The van der Waals surface area contributed by atoms with E-state index in [1.54, 1.807) is 29.0 Å². The molecule has 3 N–H and O–H groups in total. The molecule has 3 aromatic rings. The zero-order valence-corrected chi connectivity index (χ0v) is 18.7. The highest BCUT2D eigenvalue weighted by molar-refractivity contribution is 6.38. The number of anilines is 1. The van der Waals surface area contributed by atoms with Crippen LogP contribution in [0.2, 0.25) is 10.0 Å². The van der Waals surface area contributed by atoms with Gasteiger partial charge in [0.25, 0.3) is 11.5 Å². The van der Waals surface area contributed by atoms with Gasteiger partial charge in [-0.15, -0.1) is 5.48 Å². The first kappa shape index (κ1) is 21.8. The molecule has 2 aliphatic rings. The van der Waals surface area contributed by atoms with E-state index in [9.17, 15) is 14.4 Å². The van der Waals surface area contributed by atoms with Crippen molar-refractivity contribution in [1.29, 1.82) is 0 Å². The zero-order chi connectivity index (χ0) is 23.1. The summed E-state index contributed by atoms with van der Waals surface area (Å²) in [6, 6.07) is 8.31. The van der Waals surface area contributed by atoms with E-state index in [1.807, 2.05) is 10.6 Å². The largest absolute Gasteiger partial charge is 0.427 e. The molecule has 0 bridgehead atoms. The lowest BCUT2D eigenvalue weighted by Crippen LogP contribution is -2.43. The van der Waals surface area contributed by atoms with Gasteiger partial charge in [-0.25, -0.2) is 4.79 Å². The summed E-state index contributed by atoms with van der Waals surface area (Å²) in [5.74, 6) is -0.548. The molecule has 172 valence electrons. The number of aromatic nitrogens is 2. The average Bonchev–Trinajstić information content (AvgIpc) is 3.40. The van der Waals surface area contributed by atoms with E-state index < -0.39 is 18.2 Å². The molecule has 2 aromatic heterocycles. The molecule has 33 heavy (non-hydrogen) atoms. The van der Waals surface area contributed by atoms with Gasteiger partial charge in [0.05, 0.1) is 26.8 Å². The molecule has 1 aromatic carbocycles. The van der Waals surface area contributed by atoms with Crippen molar-refractivity contribution in [3.8, 4) is 5.69 Å². The van der Waals surface area contributed by atoms with E-state index >= 15 is 0 Å². The van der Waals surface area contributed by atoms with Crippen LogP contribution in [0, 0.1) is 0 Å². The maximum Gasteiger partial charge on any atom is 0.427 e. The van der Waals surface area contributed by atoms with Crippen molar-refractivity contribution in [3.05, 3.63) is 56.9 Å². The number of carbonyl (C=O) groups is 2. The fourth-order valence-corrected chi connectivity index (χ4v) is 4.83. The number of nitrogens with one attached hydrogen (secondary N) is 3. The van der Waals surface area contributed by atoms with Gasteiger partial charge >= 0.3 is 6.09 Å². The molecule has 0 saturated carbocycles. The van der Waals surface area contributed by atoms with E-state index in [1.165, 1.54) is 6.07 Å². The number of fused-ring (bicyclic) bond motifs is 1. The third kappa shape index (κ3) is 4.06. The normalized spacial score (nSPS) is 18.8. The number of amides is 2. The van der Waals surface area contributed by atoms with Gasteiger partial charge in [-0.2, -0.15) is 0 Å². The summed E-state index contributed by atoms with van der Waals surface area (Å²) in [6.45, 7) is 1.23. The number of hydrogen-bond acceptors (Lipinski definition) is 6. The van der Waals surface area contributed by atoms with E-state index in [-0.39, 0.29) is 11.6 Å². The molecule has 2 amide bonds. The Hall–Kier alpha value is -3.05. The maximum absolute atomic E-state index is 12.7. The highest BCUT2D eigenvalue weighted by atomic mass is 35.5. The van der Waals surface area contributed by atoms with Crippen molar-refractivity contribution in [1.82, 2.24) is 19.9 Å². The summed E-state index contributed by atoms with van der Waals surface area (Å²) in [4.78, 5) is 40.6. The third-order valence-corrected chi connectivity index (χ3v) is 6.24. The molecule has 12 heteroatoms. The van der Waals surface area contributed by atoms with Gasteiger partial charge in [-0.3, -0.25) is 14.9 Å². The van der Waals surface area contributed by atoms with Crippen LogP contribution < -0.4 is 21.7 Å². The third-order valence-electron chi connectivity index (χ3n) is 5.66. The van der Waals surface area contributed by atoms with E-state index in [0.717, 1.165) is 23.9 Å². The number of carbonyl (C=O) groups excluding carboxylic acids is 2. The zero-order valence-electron chi connectivity index (χ0n) is 17.1. The van der Waals surface area contributed by atoms with Crippen molar-refractivity contribution >= 4 is 51.9 Å².